The monoisotopic (exact) mass is 205 g/mol. The van der Waals surface area contributed by atoms with Crippen LogP contribution in [0.3, 0.4) is 0 Å². The lowest BCUT2D eigenvalue weighted by atomic mass is 10.1. The number of rotatable bonds is 4. The molecule has 1 N–H and O–H groups in total. The van der Waals surface area contributed by atoms with Crippen LogP contribution in [0.15, 0.2) is 30.3 Å². The zero-order valence-electron chi connectivity index (χ0n) is 9.28. The second kappa shape index (κ2) is 5.29. The third-order valence-electron chi connectivity index (χ3n) is 3.04. The van der Waals surface area contributed by atoms with Crippen LogP contribution < -0.4 is 5.32 Å². The molecule has 0 bridgehead atoms. The lowest BCUT2D eigenvalue weighted by Crippen LogP contribution is -2.25. The van der Waals surface area contributed by atoms with Gasteiger partial charge in [0.1, 0.15) is 0 Å². The van der Waals surface area contributed by atoms with Gasteiger partial charge in [-0.2, -0.15) is 0 Å². The molecule has 82 valence electrons. The van der Waals surface area contributed by atoms with E-state index in [1.54, 1.807) is 0 Å². The maximum absolute atomic E-state index is 5.36. The minimum atomic E-state index is 0.437. The highest BCUT2D eigenvalue weighted by Gasteiger charge is 2.16. The van der Waals surface area contributed by atoms with Crippen LogP contribution in [0.2, 0.25) is 0 Å². The van der Waals surface area contributed by atoms with Gasteiger partial charge in [0.2, 0.25) is 0 Å². The molecule has 1 saturated heterocycles. The van der Waals surface area contributed by atoms with Crippen LogP contribution in [0.1, 0.15) is 24.9 Å². The summed E-state index contributed by atoms with van der Waals surface area (Å²) >= 11 is 0. The van der Waals surface area contributed by atoms with Gasteiger partial charge in [-0.3, -0.25) is 0 Å². The molecule has 1 aromatic carbocycles. The third kappa shape index (κ3) is 3.05. The predicted octanol–water partition coefficient (Wildman–Crippen LogP) is 2.37. The summed E-state index contributed by atoms with van der Waals surface area (Å²) in [5, 5.41) is 3.56. The maximum atomic E-state index is 5.36. The Morgan fingerprint density at radius 1 is 1.40 bits per heavy atom. The van der Waals surface area contributed by atoms with Crippen LogP contribution in [-0.2, 0) is 4.74 Å². The Labute approximate surface area is 91.6 Å². The van der Waals surface area contributed by atoms with Crippen molar-refractivity contribution < 1.29 is 4.74 Å². The summed E-state index contributed by atoms with van der Waals surface area (Å²) in [4.78, 5) is 0. The van der Waals surface area contributed by atoms with E-state index in [1.807, 2.05) is 0 Å². The summed E-state index contributed by atoms with van der Waals surface area (Å²) in [7, 11) is 0. The second-order valence-electron chi connectivity index (χ2n) is 4.27. The van der Waals surface area contributed by atoms with Crippen molar-refractivity contribution >= 4 is 0 Å². The van der Waals surface area contributed by atoms with Crippen molar-refractivity contribution in [3.05, 3.63) is 35.9 Å². The van der Waals surface area contributed by atoms with Crippen molar-refractivity contribution in [1.29, 1.82) is 0 Å². The number of hydrogen-bond acceptors (Lipinski definition) is 2. The van der Waals surface area contributed by atoms with Crippen molar-refractivity contribution in [3.8, 4) is 0 Å². The van der Waals surface area contributed by atoms with E-state index in [0.29, 0.717) is 12.0 Å². The Balaban J connectivity index is 1.79. The Morgan fingerprint density at radius 2 is 2.20 bits per heavy atom. The molecule has 1 aliphatic rings. The first-order valence-electron chi connectivity index (χ1n) is 5.72. The maximum Gasteiger partial charge on any atom is 0.0507 e. The number of ether oxygens (including phenoxy) is 1. The zero-order valence-corrected chi connectivity index (χ0v) is 9.28. The van der Waals surface area contributed by atoms with Crippen LogP contribution in [-0.4, -0.2) is 19.8 Å². The Morgan fingerprint density at radius 3 is 2.87 bits per heavy atom. The molecule has 0 saturated carbocycles. The van der Waals surface area contributed by atoms with Gasteiger partial charge in [0.05, 0.1) is 6.61 Å². The first kappa shape index (κ1) is 10.7. The summed E-state index contributed by atoms with van der Waals surface area (Å²) in [6, 6.07) is 11.0. The molecule has 0 aromatic heterocycles. The van der Waals surface area contributed by atoms with Crippen molar-refractivity contribution in [1.82, 2.24) is 5.32 Å². The van der Waals surface area contributed by atoms with E-state index >= 15 is 0 Å². The summed E-state index contributed by atoms with van der Waals surface area (Å²) in [5.74, 6) is 0.705. The Kier molecular flexibility index (Phi) is 3.75. The molecule has 2 heteroatoms. The van der Waals surface area contributed by atoms with Gasteiger partial charge in [-0.05, 0) is 24.8 Å². The fourth-order valence-electron chi connectivity index (χ4n) is 1.95. The second-order valence-corrected chi connectivity index (χ2v) is 4.27. The molecule has 2 nitrogen and oxygen atoms in total. The normalized spacial score (nSPS) is 22.9. The lowest BCUT2D eigenvalue weighted by Gasteiger charge is -2.16. The fraction of sp³-hybridized carbons (Fsp3) is 0.538. The molecular weight excluding hydrogens is 186 g/mol. The number of nitrogens with one attached hydrogen (secondary N) is 1. The average molecular weight is 205 g/mol. The third-order valence-corrected chi connectivity index (χ3v) is 3.04. The van der Waals surface area contributed by atoms with Gasteiger partial charge in [0, 0.05) is 19.2 Å². The standard InChI is InChI=1S/C13H19NO/c1-11(13-5-3-2-4-6-13)14-9-12-7-8-15-10-12/h2-6,11-12,14H,7-10H2,1H3/t11-,12?/m0/s1. The highest BCUT2D eigenvalue weighted by atomic mass is 16.5. The average Bonchev–Trinajstić information content (AvgIpc) is 2.80. The summed E-state index contributed by atoms with van der Waals surface area (Å²) in [6.45, 7) is 5.14. The molecule has 1 unspecified atom stereocenters. The molecule has 0 aliphatic carbocycles. The minimum Gasteiger partial charge on any atom is -0.381 e. The highest BCUT2D eigenvalue weighted by Crippen LogP contribution is 2.15. The Hall–Kier alpha value is -0.860. The Bertz CT molecular complexity index is 280. The van der Waals surface area contributed by atoms with E-state index in [1.165, 1.54) is 12.0 Å². The van der Waals surface area contributed by atoms with Crippen molar-refractivity contribution in [2.45, 2.75) is 19.4 Å². The molecule has 1 aliphatic heterocycles. The van der Waals surface area contributed by atoms with Crippen LogP contribution >= 0.6 is 0 Å². The fourth-order valence-corrected chi connectivity index (χ4v) is 1.95. The van der Waals surface area contributed by atoms with Gasteiger partial charge in [0.25, 0.3) is 0 Å². The number of benzene rings is 1. The highest BCUT2D eigenvalue weighted by molar-refractivity contribution is 5.17. The van der Waals surface area contributed by atoms with E-state index in [-0.39, 0.29) is 0 Å². The molecule has 2 atom stereocenters. The van der Waals surface area contributed by atoms with E-state index in [2.05, 4.69) is 42.6 Å². The molecule has 1 aromatic rings. The van der Waals surface area contributed by atoms with Crippen LogP contribution in [0.5, 0.6) is 0 Å². The summed E-state index contributed by atoms with van der Waals surface area (Å²) in [5.41, 5.74) is 1.36. The van der Waals surface area contributed by atoms with E-state index < -0.39 is 0 Å². The molecule has 2 rings (SSSR count). The largest absolute Gasteiger partial charge is 0.381 e. The molecule has 0 spiro atoms. The van der Waals surface area contributed by atoms with Gasteiger partial charge < -0.3 is 10.1 Å². The van der Waals surface area contributed by atoms with Gasteiger partial charge in [-0.15, -0.1) is 0 Å². The van der Waals surface area contributed by atoms with Crippen LogP contribution in [0, 0.1) is 5.92 Å². The van der Waals surface area contributed by atoms with Gasteiger partial charge in [0.15, 0.2) is 0 Å². The topological polar surface area (TPSA) is 21.3 Å². The van der Waals surface area contributed by atoms with Crippen molar-refractivity contribution in [3.63, 3.8) is 0 Å². The SMILES string of the molecule is C[C@H](NCC1CCOC1)c1ccccc1. The van der Waals surface area contributed by atoms with Gasteiger partial charge in [-0.1, -0.05) is 30.3 Å². The van der Waals surface area contributed by atoms with Crippen molar-refractivity contribution in [2.24, 2.45) is 5.92 Å². The van der Waals surface area contributed by atoms with Crippen molar-refractivity contribution in [2.75, 3.05) is 19.8 Å². The zero-order chi connectivity index (χ0) is 10.5. The summed E-state index contributed by atoms with van der Waals surface area (Å²) in [6.07, 6.45) is 1.20. The molecule has 1 heterocycles. The summed E-state index contributed by atoms with van der Waals surface area (Å²) < 4.78 is 5.36. The molecule has 15 heavy (non-hydrogen) atoms. The van der Waals surface area contributed by atoms with Gasteiger partial charge >= 0.3 is 0 Å². The molecule has 0 radical (unpaired) electrons. The van der Waals surface area contributed by atoms with Gasteiger partial charge in [-0.25, -0.2) is 0 Å². The minimum absolute atomic E-state index is 0.437. The lowest BCUT2D eigenvalue weighted by molar-refractivity contribution is 0.184. The van der Waals surface area contributed by atoms with E-state index in [0.717, 1.165) is 19.8 Å². The van der Waals surface area contributed by atoms with Crippen LogP contribution in [0.4, 0.5) is 0 Å². The molecule has 0 amide bonds. The molecule has 1 fully saturated rings. The quantitative estimate of drug-likeness (QED) is 0.815. The van der Waals surface area contributed by atoms with Crippen LogP contribution in [0.25, 0.3) is 0 Å². The van der Waals surface area contributed by atoms with E-state index in [4.69, 9.17) is 4.74 Å². The molecular formula is C13H19NO. The van der Waals surface area contributed by atoms with E-state index in [9.17, 15) is 0 Å². The first-order chi connectivity index (χ1) is 7.36. The first-order valence-corrected chi connectivity index (χ1v) is 5.72. The smallest absolute Gasteiger partial charge is 0.0507 e. The predicted molar refractivity (Wildman–Crippen MR) is 61.8 cm³/mol. The number of hydrogen-bond donors (Lipinski definition) is 1.